The molecule has 8 heteroatoms. The first kappa shape index (κ1) is 15.2. The molecule has 20 heavy (non-hydrogen) atoms. The van der Waals surface area contributed by atoms with Crippen LogP contribution in [-0.4, -0.2) is 55.2 Å². The molecule has 6 nitrogen and oxygen atoms in total. The Hall–Kier alpha value is -1.18. The van der Waals surface area contributed by atoms with Gasteiger partial charge in [0.25, 0.3) is 0 Å². The summed E-state index contributed by atoms with van der Waals surface area (Å²) in [5.74, 6) is -0.171. The van der Waals surface area contributed by atoms with Gasteiger partial charge in [0.15, 0.2) is 0 Å². The largest absolute Gasteiger partial charge is 0.342 e. The Bertz CT molecular complexity index is 582. The smallest absolute Gasteiger partial charge is 0.244 e. The number of pyridine rings is 1. The molecule has 0 spiro atoms. The minimum Gasteiger partial charge on any atom is -0.342 e. The van der Waals surface area contributed by atoms with Crippen molar-refractivity contribution in [3.05, 3.63) is 23.5 Å². The summed E-state index contributed by atoms with van der Waals surface area (Å²) in [5, 5.41) is 0.222. The molecule has 1 aromatic rings. The van der Waals surface area contributed by atoms with E-state index in [1.165, 1.54) is 25.4 Å². The average molecular weight is 318 g/mol. The second kappa shape index (κ2) is 6.07. The SMILES string of the molecule is CN(CC(=O)N1CCCC1)S(=O)(=O)c1ccc(Cl)nc1. The Balaban J connectivity index is 2.08. The number of carbonyl (C=O) groups excluding carboxylic acids is 1. The second-order valence-corrected chi connectivity index (χ2v) is 7.10. The molecule has 0 saturated carbocycles. The van der Waals surface area contributed by atoms with Crippen molar-refractivity contribution in [1.82, 2.24) is 14.2 Å². The minimum atomic E-state index is -3.72. The lowest BCUT2D eigenvalue weighted by molar-refractivity contribution is -0.130. The number of sulfonamides is 1. The van der Waals surface area contributed by atoms with Gasteiger partial charge in [-0.15, -0.1) is 0 Å². The topological polar surface area (TPSA) is 70.6 Å². The van der Waals surface area contributed by atoms with Crippen molar-refractivity contribution < 1.29 is 13.2 Å². The minimum absolute atomic E-state index is 0.0265. The standard InChI is InChI=1S/C12H16ClN3O3S/c1-15(9-12(17)16-6-2-3-7-16)20(18,19)10-4-5-11(13)14-8-10/h4-5,8H,2-3,6-7,9H2,1H3. The van der Waals surface area contributed by atoms with Gasteiger partial charge in [0.1, 0.15) is 10.0 Å². The van der Waals surface area contributed by atoms with Crippen LogP contribution in [0.25, 0.3) is 0 Å². The third-order valence-electron chi connectivity index (χ3n) is 3.23. The van der Waals surface area contributed by atoms with E-state index in [9.17, 15) is 13.2 Å². The summed E-state index contributed by atoms with van der Waals surface area (Å²) in [5.41, 5.74) is 0. The summed E-state index contributed by atoms with van der Waals surface area (Å²) in [4.78, 5) is 17.4. The molecule has 1 amide bonds. The second-order valence-electron chi connectivity index (χ2n) is 4.67. The van der Waals surface area contributed by atoms with Crippen LogP contribution in [0.4, 0.5) is 0 Å². The van der Waals surface area contributed by atoms with E-state index < -0.39 is 10.0 Å². The molecule has 0 radical (unpaired) electrons. The van der Waals surface area contributed by atoms with Gasteiger partial charge in [-0.1, -0.05) is 11.6 Å². The zero-order chi connectivity index (χ0) is 14.8. The molecule has 110 valence electrons. The van der Waals surface area contributed by atoms with Crippen LogP contribution in [-0.2, 0) is 14.8 Å². The highest BCUT2D eigenvalue weighted by molar-refractivity contribution is 7.89. The van der Waals surface area contributed by atoms with Crippen LogP contribution < -0.4 is 0 Å². The van der Waals surface area contributed by atoms with Crippen molar-refractivity contribution in [2.45, 2.75) is 17.7 Å². The normalized spacial score (nSPS) is 15.8. The summed E-state index contributed by atoms with van der Waals surface area (Å²) in [6.45, 7) is 1.25. The Morgan fingerprint density at radius 1 is 1.40 bits per heavy atom. The number of likely N-dealkylation sites (tertiary alicyclic amines) is 1. The fraction of sp³-hybridized carbons (Fsp3) is 0.500. The van der Waals surface area contributed by atoms with Crippen molar-refractivity contribution in [1.29, 1.82) is 0 Å². The summed E-state index contributed by atoms with van der Waals surface area (Å²) >= 11 is 5.63. The zero-order valence-corrected chi connectivity index (χ0v) is 12.7. The average Bonchev–Trinajstić information content (AvgIpc) is 2.93. The summed E-state index contributed by atoms with van der Waals surface area (Å²) in [6, 6.07) is 2.78. The summed E-state index contributed by atoms with van der Waals surface area (Å²) in [6.07, 6.45) is 3.14. The molecule has 2 rings (SSSR count). The fourth-order valence-corrected chi connectivity index (χ4v) is 3.21. The molecule has 0 unspecified atom stereocenters. The number of rotatable bonds is 4. The molecule has 1 saturated heterocycles. The summed E-state index contributed by atoms with van der Waals surface area (Å²) < 4.78 is 25.6. The number of hydrogen-bond acceptors (Lipinski definition) is 4. The first-order valence-corrected chi connectivity index (χ1v) is 8.09. The van der Waals surface area contributed by atoms with E-state index in [0.29, 0.717) is 13.1 Å². The molecule has 0 aliphatic carbocycles. The Morgan fingerprint density at radius 3 is 2.60 bits per heavy atom. The first-order chi connectivity index (χ1) is 9.41. The number of aromatic nitrogens is 1. The monoisotopic (exact) mass is 317 g/mol. The van der Waals surface area contributed by atoms with Gasteiger partial charge in [-0.05, 0) is 25.0 Å². The number of nitrogens with zero attached hydrogens (tertiary/aromatic N) is 3. The van der Waals surface area contributed by atoms with Crippen LogP contribution in [0.3, 0.4) is 0 Å². The van der Waals surface area contributed by atoms with E-state index in [1.54, 1.807) is 4.90 Å². The van der Waals surface area contributed by atoms with Crippen molar-refractivity contribution in [2.75, 3.05) is 26.7 Å². The van der Waals surface area contributed by atoms with Gasteiger partial charge in [-0.25, -0.2) is 13.4 Å². The molecule has 1 aliphatic heterocycles. The molecule has 0 N–H and O–H groups in total. The lowest BCUT2D eigenvalue weighted by Crippen LogP contribution is -2.39. The van der Waals surface area contributed by atoms with Crippen LogP contribution >= 0.6 is 11.6 Å². The maximum Gasteiger partial charge on any atom is 0.244 e. The maximum absolute atomic E-state index is 12.3. The number of carbonyl (C=O) groups is 1. The predicted octanol–water partition coefficient (Wildman–Crippen LogP) is 0.978. The van der Waals surface area contributed by atoms with Crippen molar-refractivity contribution >= 4 is 27.5 Å². The number of hydrogen-bond donors (Lipinski definition) is 0. The molecular weight excluding hydrogens is 302 g/mol. The van der Waals surface area contributed by atoms with Gasteiger partial charge in [0.2, 0.25) is 15.9 Å². The zero-order valence-electron chi connectivity index (χ0n) is 11.1. The van der Waals surface area contributed by atoms with Gasteiger partial charge < -0.3 is 4.90 Å². The Kier molecular flexibility index (Phi) is 4.62. The quantitative estimate of drug-likeness (QED) is 0.776. The highest BCUT2D eigenvalue weighted by atomic mass is 35.5. The molecular formula is C12H16ClN3O3S. The molecule has 0 bridgehead atoms. The molecule has 1 aromatic heterocycles. The Labute approximate surface area is 123 Å². The molecule has 0 atom stereocenters. The van der Waals surface area contributed by atoms with Crippen LogP contribution in [0.1, 0.15) is 12.8 Å². The summed E-state index contributed by atoms with van der Waals surface area (Å²) in [7, 11) is -2.33. The van der Waals surface area contributed by atoms with Gasteiger partial charge >= 0.3 is 0 Å². The van der Waals surface area contributed by atoms with Crippen molar-refractivity contribution in [3.63, 3.8) is 0 Å². The highest BCUT2D eigenvalue weighted by Gasteiger charge is 2.26. The van der Waals surface area contributed by atoms with Gasteiger partial charge in [0, 0.05) is 26.3 Å². The highest BCUT2D eigenvalue weighted by Crippen LogP contribution is 2.16. The van der Waals surface area contributed by atoms with Crippen LogP contribution in [0.2, 0.25) is 5.15 Å². The Morgan fingerprint density at radius 2 is 2.05 bits per heavy atom. The van der Waals surface area contributed by atoms with E-state index >= 15 is 0 Å². The van der Waals surface area contributed by atoms with E-state index in [4.69, 9.17) is 11.6 Å². The van der Waals surface area contributed by atoms with Crippen LogP contribution in [0, 0.1) is 0 Å². The fourth-order valence-electron chi connectivity index (χ4n) is 2.04. The molecule has 0 aromatic carbocycles. The van der Waals surface area contributed by atoms with Gasteiger partial charge in [-0.3, -0.25) is 4.79 Å². The molecule has 2 heterocycles. The lowest BCUT2D eigenvalue weighted by atomic mass is 10.4. The van der Waals surface area contributed by atoms with Crippen molar-refractivity contribution in [3.8, 4) is 0 Å². The van der Waals surface area contributed by atoms with E-state index in [2.05, 4.69) is 4.98 Å². The predicted molar refractivity (Wildman–Crippen MR) is 74.9 cm³/mol. The number of likely N-dealkylation sites (N-methyl/N-ethyl adjacent to an activating group) is 1. The number of halogens is 1. The van der Waals surface area contributed by atoms with Gasteiger partial charge in [0.05, 0.1) is 6.54 Å². The third-order valence-corrected chi connectivity index (χ3v) is 5.24. The molecule has 1 aliphatic rings. The molecule has 1 fully saturated rings. The first-order valence-electron chi connectivity index (χ1n) is 6.27. The number of amides is 1. The van der Waals surface area contributed by atoms with Crippen LogP contribution in [0.15, 0.2) is 23.2 Å². The maximum atomic E-state index is 12.3. The van der Waals surface area contributed by atoms with Crippen molar-refractivity contribution in [2.24, 2.45) is 0 Å². The van der Waals surface area contributed by atoms with E-state index in [0.717, 1.165) is 17.1 Å². The van der Waals surface area contributed by atoms with Crippen LogP contribution in [0.5, 0.6) is 0 Å². The van der Waals surface area contributed by atoms with E-state index in [1.807, 2.05) is 0 Å². The lowest BCUT2D eigenvalue weighted by Gasteiger charge is -2.21. The van der Waals surface area contributed by atoms with E-state index in [-0.39, 0.29) is 22.5 Å². The third kappa shape index (κ3) is 3.28. The van der Waals surface area contributed by atoms with Gasteiger partial charge in [-0.2, -0.15) is 4.31 Å².